The Balaban J connectivity index is 1.52. The lowest BCUT2D eigenvalue weighted by atomic mass is 10.1. The summed E-state index contributed by atoms with van der Waals surface area (Å²) in [6.07, 6.45) is 2.42. The second-order valence-corrected chi connectivity index (χ2v) is 8.31. The zero-order chi connectivity index (χ0) is 24.1. The Morgan fingerprint density at radius 2 is 1.65 bits per heavy atom. The van der Waals surface area contributed by atoms with E-state index in [1.165, 1.54) is 7.11 Å². The highest BCUT2D eigenvalue weighted by Gasteiger charge is 2.20. The quantitative estimate of drug-likeness (QED) is 0.499. The fraction of sp³-hybridized carbons (Fsp3) is 0.192. The average molecular weight is 478 g/mol. The van der Waals surface area contributed by atoms with Crippen molar-refractivity contribution in [1.29, 1.82) is 0 Å². The van der Waals surface area contributed by atoms with E-state index in [9.17, 15) is 14.4 Å². The van der Waals surface area contributed by atoms with Crippen LogP contribution < -0.4 is 20.3 Å². The van der Waals surface area contributed by atoms with Gasteiger partial charge in [-0.2, -0.15) is 0 Å². The van der Waals surface area contributed by atoms with E-state index < -0.39 is 5.91 Å². The Bertz CT molecular complexity index is 1210. The molecule has 1 saturated heterocycles. The Morgan fingerprint density at radius 1 is 0.912 bits per heavy atom. The first kappa shape index (κ1) is 23.3. The number of piperidine rings is 1. The topological polar surface area (TPSA) is 87.7 Å². The number of ether oxygens (including phenoxy) is 1. The number of anilines is 3. The molecule has 0 aromatic heterocycles. The van der Waals surface area contributed by atoms with E-state index in [1.807, 2.05) is 0 Å². The first-order chi connectivity index (χ1) is 16.4. The van der Waals surface area contributed by atoms with Gasteiger partial charge in [0.2, 0.25) is 5.91 Å². The molecule has 0 atom stereocenters. The predicted octanol–water partition coefficient (Wildman–Crippen LogP) is 5.37. The van der Waals surface area contributed by atoms with Gasteiger partial charge in [-0.25, -0.2) is 0 Å². The number of hydrogen-bond donors (Lipinski definition) is 2. The minimum atomic E-state index is -0.407. The molecule has 0 radical (unpaired) electrons. The minimum absolute atomic E-state index is 0.0954. The number of nitrogens with one attached hydrogen (secondary N) is 2. The van der Waals surface area contributed by atoms with Crippen LogP contribution >= 0.6 is 11.6 Å². The van der Waals surface area contributed by atoms with Crippen molar-refractivity contribution in [1.82, 2.24) is 0 Å². The second kappa shape index (κ2) is 10.4. The molecule has 1 heterocycles. The van der Waals surface area contributed by atoms with E-state index in [-0.39, 0.29) is 17.4 Å². The molecule has 0 unspecified atom stereocenters. The van der Waals surface area contributed by atoms with Crippen molar-refractivity contribution in [3.8, 4) is 5.75 Å². The molecule has 3 aromatic rings. The van der Waals surface area contributed by atoms with Gasteiger partial charge in [0.1, 0.15) is 5.75 Å². The van der Waals surface area contributed by atoms with Crippen LogP contribution in [0.4, 0.5) is 17.1 Å². The molecule has 174 valence electrons. The Morgan fingerprint density at radius 3 is 2.32 bits per heavy atom. The highest BCUT2D eigenvalue weighted by Crippen LogP contribution is 2.26. The molecule has 0 saturated carbocycles. The number of rotatable bonds is 6. The minimum Gasteiger partial charge on any atom is -0.497 e. The van der Waals surface area contributed by atoms with E-state index in [2.05, 4.69) is 10.6 Å². The fourth-order valence-electron chi connectivity index (χ4n) is 3.74. The summed E-state index contributed by atoms with van der Waals surface area (Å²) < 4.78 is 5.25. The van der Waals surface area contributed by atoms with Crippen LogP contribution in [-0.2, 0) is 4.79 Å². The maximum atomic E-state index is 13.0. The average Bonchev–Trinajstić information content (AvgIpc) is 2.86. The lowest BCUT2D eigenvalue weighted by Crippen LogP contribution is -2.35. The van der Waals surface area contributed by atoms with E-state index in [4.69, 9.17) is 16.3 Å². The molecule has 7 nitrogen and oxygen atoms in total. The van der Waals surface area contributed by atoms with Gasteiger partial charge < -0.3 is 20.3 Å². The molecular weight excluding hydrogens is 454 g/mol. The van der Waals surface area contributed by atoms with E-state index in [1.54, 1.807) is 71.6 Å². The van der Waals surface area contributed by atoms with Gasteiger partial charge in [0.15, 0.2) is 0 Å². The summed E-state index contributed by atoms with van der Waals surface area (Å²) in [6, 6.07) is 18.4. The molecule has 2 N–H and O–H groups in total. The highest BCUT2D eigenvalue weighted by atomic mass is 35.5. The molecule has 4 rings (SSSR count). The van der Waals surface area contributed by atoms with Crippen LogP contribution in [-0.4, -0.2) is 31.4 Å². The van der Waals surface area contributed by atoms with Crippen molar-refractivity contribution in [3.05, 3.63) is 82.9 Å². The SMILES string of the molecule is COc1ccc(NC(=O)c2ccc(N3CCCCC3=O)cc2)c(C(=O)Nc2ccc(Cl)cc2)c1. The molecule has 3 amide bonds. The third-order valence-corrected chi connectivity index (χ3v) is 5.84. The standard InChI is InChI=1S/C26H24ClN3O4/c1-34-21-13-14-23(22(16-21)26(33)28-19-9-7-18(27)8-10-19)29-25(32)17-5-11-20(12-6-17)30-15-3-2-4-24(30)31/h5-14,16H,2-4,15H2,1H3,(H,28,33)(H,29,32). The summed E-state index contributed by atoms with van der Waals surface area (Å²) in [5.74, 6) is -0.203. The second-order valence-electron chi connectivity index (χ2n) is 7.88. The Labute approximate surface area is 202 Å². The lowest BCUT2D eigenvalue weighted by molar-refractivity contribution is -0.119. The van der Waals surface area contributed by atoms with Crippen molar-refractivity contribution in [2.75, 3.05) is 29.2 Å². The maximum Gasteiger partial charge on any atom is 0.257 e. The molecule has 1 aliphatic rings. The third kappa shape index (κ3) is 5.38. The monoisotopic (exact) mass is 477 g/mol. The van der Waals surface area contributed by atoms with Gasteiger partial charge in [0.25, 0.3) is 11.8 Å². The summed E-state index contributed by atoms with van der Waals surface area (Å²) in [7, 11) is 1.50. The number of hydrogen-bond acceptors (Lipinski definition) is 4. The third-order valence-electron chi connectivity index (χ3n) is 5.59. The van der Waals surface area contributed by atoms with Gasteiger partial charge in [-0.1, -0.05) is 11.6 Å². The van der Waals surface area contributed by atoms with Crippen LogP contribution in [0.3, 0.4) is 0 Å². The van der Waals surface area contributed by atoms with E-state index in [0.29, 0.717) is 40.7 Å². The van der Waals surface area contributed by atoms with Crippen LogP contribution in [0.5, 0.6) is 5.75 Å². The zero-order valence-corrected chi connectivity index (χ0v) is 19.4. The van der Waals surface area contributed by atoms with Gasteiger partial charge in [-0.3, -0.25) is 14.4 Å². The number of carbonyl (C=O) groups excluding carboxylic acids is 3. The number of halogens is 1. The predicted molar refractivity (Wildman–Crippen MR) is 133 cm³/mol. The first-order valence-electron chi connectivity index (χ1n) is 10.9. The summed E-state index contributed by atoms with van der Waals surface area (Å²) >= 11 is 5.91. The molecule has 1 fully saturated rings. The number of methoxy groups -OCH3 is 1. The van der Waals surface area contributed by atoms with Crippen molar-refractivity contribution < 1.29 is 19.1 Å². The molecule has 3 aromatic carbocycles. The number of benzene rings is 3. The Hall–Kier alpha value is -3.84. The van der Waals surface area contributed by atoms with Gasteiger partial charge in [0, 0.05) is 34.9 Å². The molecule has 8 heteroatoms. The zero-order valence-electron chi connectivity index (χ0n) is 18.6. The summed E-state index contributed by atoms with van der Waals surface area (Å²) in [6.45, 7) is 0.683. The molecule has 0 bridgehead atoms. The molecule has 34 heavy (non-hydrogen) atoms. The summed E-state index contributed by atoms with van der Waals surface area (Å²) in [5, 5.41) is 6.16. The number of nitrogens with zero attached hydrogens (tertiary/aromatic N) is 1. The molecular formula is C26H24ClN3O4. The highest BCUT2D eigenvalue weighted by molar-refractivity contribution is 6.30. The van der Waals surface area contributed by atoms with E-state index in [0.717, 1.165) is 18.5 Å². The van der Waals surface area contributed by atoms with Crippen molar-refractivity contribution in [2.24, 2.45) is 0 Å². The van der Waals surface area contributed by atoms with Crippen molar-refractivity contribution in [2.45, 2.75) is 19.3 Å². The largest absolute Gasteiger partial charge is 0.497 e. The Kier molecular flexibility index (Phi) is 7.13. The summed E-state index contributed by atoms with van der Waals surface area (Å²) in [4.78, 5) is 39.8. The van der Waals surface area contributed by atoms with Crippen LogP contribution in [0.1, 0.15) is 40.0 Å². The van der Waals surface area contributed by atoms with Gasteiger partial charge >= 0.3 is 0 Å². The number of amides is 3. The smallest absolute Gasteiger partial charge is 0.257 e. The normalized spacial score (nSPS) is 13.4. The molecule has 0 spiro atoms. The molecule has 0 aliphatic carbocycles. The summed E-state index contributed by atoms with van der Waals surface area (Å²) in [5.41, 5.74) is 2.34. The lowest BCUT2D eigenvalue weighted by Gasteiger charge is -2.26. The number of carbonyl (C=O) groups is 3. The molecule has 1 aliphatic heterocycles. The van der Waals surface area contributed by atoms with Crippen LogP contribution in [0.2, 0.25) is 5.02 Å². The van der Waals surface area contributed by atoms with Crippen molar-refractivity contribution >= 4 is 46.4 Å². The van der Waals surface area contributed by atoms with Gasteiger partial charge in [-0.05, 0) is 79.6 Å². The van der Waals surface area contributed by atoms with Gasteiger partial charge in [0.05, 0.1) is 18.4 Å². The van der Waals surface area contributed by atoms with Crippen LogP contribution in [0.25, 0.3) is 0 Å². The van der Waals surface area contributed by atoms with E-state index >= 15 is 0 Å². The van der Waals surface area contributed by atoms with Crippen molar-refractivity contribution in [3.63, 3.8) is 0 Å². The fourth-order valence-corrected chi connectivity index (χ4v) is 3.87. The first-order valence-corrected chi connectivity index (χ1v) is 11.3. The van der Waals surface area contributed by atoms with Crippen LogP contribution in [0, 0.1) is 0 Å². The maximum absolute atomic E-state index is 13.0. The van der Waals surface area contributed by atoms with Crippen LogP contribution in [0.15, 0.2) is 66.7 Å². The van der Waals surface area contributed by atoms with Gasteiger partial charge in [-0.15, -0.1) is 0 Å².